The Bertz CT molecular complexity index is 472. The van der Waals surface area contributed by atoms with E-state index in [4.69, 9.17) is 5.84 Å². The minimum atomic E-state index is -0.969. The second kappa shape index (κ2) is 5.74. The molecule has 5 nitrogen and oxygen atoms in total. The lowest BCUT2D eigenvalue weighted by Gasteiger charge is -2.04. The molecule has 17 heavy (non-hydrogen) atoms. The average Bonchev–Trinajstić information content (AvgIpc) is 2.30. The number of hydrazone groups is 1. The summed E-state index contributed by atoms with van der Waals surface area (Å²) in [6.07, 6.45) is 0. The number of Topliss-reactive ketones (excluding diaryl/α,β-unsaturated/α-hetero) is 1. The van der Waals surface area contributed by atoms with Gasteiger partial charge in [-0.15, -0.1) is 0 Å². The summed E-state index contributed by atoms with van der Waals surface area (Å²) in [6.45, 7) is 1.64. The van der Waals surface area contributed by atoms with E-state index in [0.717, 1.165) is 6.07 Å². The lowest BCUT2D eigenvalue weighted by Crippen LogP contribution is -2.28. The molecule has 0 unspecified atom stereocenters. The first-order chi connectivity index (χ1) is 8.11. The fraction of sp³-hybridized carbons (Fsp3) is 0.182. The van der Waals surface area contributed by atoms with E-state index >= 15 is 0 Å². The maximum atomic E-state index is 13.3. The maximum absolute atomic E-state index is 13.3. The van der Waals surface area contributed by atoms with Crippen LogP contribution >= 0.6 is 0 Å². The van der Waals surface area contributed by atoms with Crippen molar-refractivity contribution in [2.75, 3.05) is 6.61 Å². The first kappa shape index (κ1) is 12.8. The second-order valence-electron chi connectivity index (χ2n) is 3.01. The summed E-state index contributed by atoms with van der Waals surface area (Å²) in [7, 11) is 0. The number of ether oxygens (including phenoxy) is 1. The zero-order valence-corrected chi connectivity index (χ0v) is 9.14. The van der Waals surface area contributed by atoms with Gasteiger partial charge in [-0.1, -0.05) is 12.1 Å². The van der Waals surface area contributed by atoms with Gasteiger partial charge in [0.15, 0.2) is 0 Å². The van der Waals surface area contributed by atoms with Crippen molar-refractivity contribution in [1.82, 2.24) is 0 Å². The number of halogens is 1. The minimum Gasteiger partial charge on any atom is -0.461 e. The molecule has 1 aromatic carbocycles. The van der Waals surface area contributed by atoms with Crippen LogP contribution in [0.15, 0.2) is 29.4 Å². The van der Waals surface area contributed by atoms with E-state index in [2.05, 4.69) is 9.84 Å². The summed E-state index contributed by atoms with van der Waals surface area (Å²) in [5.41, 5.74) is -0.901. The van der Waals surface area contributed by atoms with Crippen LogP contribution in [0, 0.1) is 5.82 Å². The van der Waals surface area contributed by atoms with Gasteiger partial charge in [-0.3, -0.25) is 4.79 Å². The Kier molecular flexibility index (Phi) is 4.33. The van der Waals surface area contributed by atoms with Gasteiger partial charge in [0.1, 0.15) is 5.82 Å². The van der Waals surface area contributed by atoms with E-state index < -0.39 is 23.3 Å². The third kappa shape index (κ3) is 2.87. The van der Waals surface area contributed by atoms with Crippen molar-refractivity contribution < 1.29 is 18.7 Å². The number of hydrogen-bond acceptors (Lipinski definition) is 5. The molecule has 0 radical (unpaired) electrons. The van der Waals surface area contributed by atoms with E-state index in [1.54, 1.807) is 6.92 Å². The molecule has 1 rings (SSSR count). The van der Waals surface area contributed by atoms with Gasteiger partial charge in [0, 0.05) is 0 Å². The van der Waals surface area contributed by atoms with Crippen LogP contribution in [0.3, 0.4) is 0 Å². The Hall–Kier alpha value is -2.24. The highest BCUT2D eigenvalue weighted by Gasteiger charge is 2.25. The van der Waals surface area contributed by atoms with Crippen LogP contribution in [0.5, 0.6) is 0 Å². The van der Waals surface area contributed by atoms with E-state index in [1.807, 2.05) is 0 Å². The second-order valence-corrected chi connectivity index (χ2v) is 3.01. The number of benzene rings is 1. The van der Waals surface area contributed by atoms with Crippen LogP contribution in [-0.2, 0) is 9.53 Å². The van der Waals surface area contributed by atoms with Crippen molar-refractivity contribution in [2.24, 2.45) is 10.9 Å². The van der Waals surface area contributed by atoms with Gasteiger partial charge in [-0.2, -0.15) is 5.10 Å². The zero-order chi connectivity index (χ0) is 12.8. The van der Waals surface area contributed by atoms with Crippen molar-refractivity contribution >= 4 is 17.5 Å². The lowest BCUT2D eigenvalue weighted by molar-refractivity contribution is -0.134. The molecule has 2 N–H and O–H groups in total. The normalized spacial score (nSPS) is 11.1. The number of carbonyl (C=O) groups is 2. The number of esters is 1. The number of nitrogens with zero attached hydrogens (tertiary/aromatic N) is 1. The molecule has 0 fully saturated rings. The van der Waals surface area contributed by atoms with Crippen LogP contribution in [-0.4, -0.2) is 24.1 Å². The van der Waals surface area contributed by atoms with Crippen LogP contribution in [0.25, 0.3) is 0 Å². The summed E-state index contributed by atoms with van der Waals surface area (Å²) in [6, 6.07) is 5.24. The molecule has 0 aliphatic carbocycles. The highest BCUT2D eigenvalue weighted by Crippen LogP contribution is 2.08. The fourth-order valence-corrected chi connectivity index (χ4v) is 1.18. The summed E-state index contributed by atoms with van der Waals surface area (Å²) < 4.78 is 17.9. The highest BCUT2D eigenvalue weighted by molar-refractivity contribution is 6.67. The standard InChI is InChI=1S/C11H11FN2O3/c1-2-17-11(16)9(14-13)10(15)7-5-3-4-6-8(7)12/h3-6H,2,13H2,1H3. The molecule has 6 heteroatoms. The van der Waals surface area contributed by atoms with Gasteiger partial charge >= 0.3 is 5.97 Å². The van der Waals surface area contributed by atoms with Gasteiger partial charge in [0.25, 0.3) is 0 Å². The van der Waals surface area contributed by atoms with Crippen molar-refractivity contribution in [3.05, 3.63) is 35.6 Å². The molecule has 0 saturated carbocycles. The van der Waals surface area contributed by atoms with Crippen LogP contribution in [0.1, 0.15) is 17.3 Å². The predicted octanol–water partition coefficient (Wildman–Crippen LogP) is 0.886. The largest absolute Gasteiger partial charge is 0.461 e. The topological polar surface area (TPSA) is 81.8 Å². The van der Waals surface area contributed by atoms with Gasteiger partial charge in [-0.05, 0) is 19.1 Å². The average molecular weight is 238 g/mol. The minimum absolute atomic E-state index is 0.0718. The Morgan fingerprint density at radius 2 is 2.06 bits per heavy atom. The van der Waals surface area contributed by atoms with E-state index in [-0.39, 0.29) is 12.2 Å². The van der Waals surface area contributed by atoms with Gasteiger partial charge in [-0.25, -0.2) is 9.18 Å². The first-order valence-corrected chi connectivity index (χ1v) is 4.86. The van der Waals surface area contributed by atoms with E-state index in [1.165, 1.54) is 18.2 Å². The molecule has 1 aromatic rings. The molecule has 0 saturated heterocycles. The van der Waals surface area contributed by atoms with Gasteiger partial charge < -0.3 is 10.6 Å². The molecule has 0 aliphatic heterocycles. The Morgan fingerprint density at radius 3 is 2.59 bits per heavy atom. The molecule has 0 spiro atoms. The molecule has 0 aliphatic rings. The zero-order valence-electron chi connectivity index (χ0n) is 9.14. The Balaban J connectivity index is 3.04. The number of carbonyl (C=O) groups excluding carboxylic acids is 2. The maximum Gasteiger partial charge on any atom is 0.362 e. The van der Waals surface area contributed by atoms with Crippen LogP contribution in [0.4, 0.5) is 4.39 Å². The number of ketones is 1. The number of hydrogen-bond donors (Lipinski definition) is 1. The monoisotopic (exact) mass is 238 g/mol. The summed E-state index contributed by atoms with van der Waals surface area (Å²) >= 11 is 0. The summed E-state index contributed by atoms with van der Waals surface area (Å²) in [4.78, 5) is 23.1. The fourth-order valence-electron chi connectivity index (χ4n) is 1.18. The molecule has 0 atom stereocenters. The Labute approximate surface area is 97.1 Å². The summed E-state index contributed by atoms with van der Waals surface area (Å²) in [5.74, 6) is 2.32. The lowest BCUT2D eigenvalue weighted by atomic mass is 10.1. The first-order valence-electron chi connectivity index (χ1n) is 4.86. The third-order valence-corrected chi connectivity index (χ3v) is 1.93. The van der Waals surface area contributed by atoms with Gasteiger partial charge in [0.05, 0.1) is 12.2 Å². The van der Waals surface area contributed by atoms with Crippen molar-refractivity contribution in [3.8, 4) is 0 Å². The van der Waals surface area contributed by atoms with Crippen molar-refractivity contribution in [3.63, 3.8) is 0 Å². The number of rotatable bonds is 4. The molecule has 0 heterocycles. The SMILES string of the molecule is CCOC(=O)C(=NN)C(=O)c1ccccc1F. The van der Waals surface area contributed by atoms with Crippen LogP contribution < -0.4 is 5.84 Å². The van der Waals surface area contributed by atoms with Crippen molar-refractivity contribution in [1.29, 1.82) is 0 Å². The molecule has 0 aromatic heterocycles. The summed E-state index contributed by atoms with van der Waals surface area (Å²) in [5, 5.41) is 3.05. The quantitative estimate of drug-likeness (QED) is 0.211. The highest BCUT2D eigenvalue weighted by atomic mass is 19.1. The van der Waals surface area contributed by atoms with E-state index in [9.17, 15) is 14.0 Å². The molecule has 90 valence electrons. The smallest absolute Gasteiger partial charge is 0.362 e. The van der Waals surface area contributed by atoms with Crippen LogP contribution in [0.2, 0.25) is 0 Å². The number of nitrogens with two attached hydrogens (primary N) is 1. The van der Waals surface area contributed by atoms with Crippen molar-refractivity contribution in [2.45, 2.75) is 6.92 Å². The predicted molar refractivity (Wildman–Crippen MR) is 59.0 cm³/mol. The van der Waals surface area contributed by atoms with E-state index in [0.29, 0.717) is 0 Å². The van der Waals surface area contributed by atoms with Gasteiger partial charge in [0.2, 0.25) is 11.5 Å². The third-order valence-electron chi connectivity index (χ3n) is 1.93. The Morgan fingerprint density at radius 1 is 1.41 bits per heavy atom. The molecular formula is C11H11FN2O3. The molecular weight excluding hydrogens is 227 g/mol. The molecule has 0 amide bonds. The molecule has 0 bridgehead atoms.